The van der Waals surface area contributed by atoms with E-state index in [0.29, 0.717) is 18.2 Å². The standard InChI is InChI=1S/C11H14BF4O3S/c1-8(2)20(17,18)6-5-19-11-7-9(13)3-4-10(11)12(14,15)16/h3-4,7-8H,5-6H2,1-2H3/q-1. The molecule has 0 aliphatic heterocycles. The molecule has 3 nitrogen and oxygen atoms in total. The van der Waals surface area contributed by atoms with Gasteiger partial charge in [-0.1, -0.05) is 11.5 Å². The Morgan fingerprint density at radius 1 is 1.25 bits per heavy atom. The van der Waals surface area contributed by atoms with E-state index in [1.165, 1.54) is 13.8 Å². The summed E-state index contributed by atoms with van der Waals surface area (Å²) < 4.78 is 78.9. The van der Waals surface area contributed by atoms with Gasteiger partial charge in [-0.3, -0.25) is 0 Å². The molecule has 0 aliphatic rings. The SMILES string of the molecule is CC(C)S(=O)(=O)CCOc1cc(F)ccc1[B-](F)(F)F. The quantitative estimate of drug-likeness (QED) is 0.596. The molecule has 0 aliphatic carbocycles. The van der Waals surface area contributed by atoms with Crippen LogP contribution in [0.3, 0.4) is 0 Å². The summed E-state index contributed by atoms with van der Waals surface area (Å²) in [4.78, 5) is 0. The van der Waals surface area contributed by atoms with Crippen LogP contribution in [0, 0.1) is 5.82 Å². The minimum Gasteiger partial charge on any atom is -0.495 e. The highest BCUT2D eigenvalue weighted by molar-refractivity contribution is 7.91. The zero-order valence-corrected chi connectivity index (χ0v) is 11.8. The lowest BCUT2D eigenvalue weighted by molar-refractivity contribution is 0.339. The molecular formula is C11H14BF4O3S-. The first kappa shape index (κ1) is 16.8. The fraction of sp³-hybridized carbons (Fsp3) is 0.455. The van der Waals surface area contributed by atoms with Gasteiger partial charge in [0.15, 0.2) is 9.84 Å². The lowest BCUT2D eigenvalue weighted by Gasteiger charge is -2.20. The van der Waals surface area contributed by atoms with Crippen LogP contribution in [0.5, 0.6) is 5.75 Å². The number of hydrogen-bond acceptors (Lipinski definition) is 3. The Labute approximate surface area is 114 Å². The molecule has 0 aromatic heterocycles. The molecular weight excluding hydrogens is 299 g/mol. The smallest absolute Gasteiger partial charge is 0.495 e. The van der Waals surface area contributed by atoms with E-state index in [1.807, 2.05) is 0 Å². The second kappa shape index (κ2) is 6.03. The normalized spacial score (nSPS) is 12.8. The van der Waals surface area contributed by atoms with E-state index < -0.39 is 51.5 Å². The van der Waals surface area contributed by atoms with Crippen LogP contribution in [0.4, 0.5) is 17.3 Å². The second-order valence-corrected chi connectivity index (χ2v) is 7.20. The zero-order valence-electron chi connectivity index (χ0n) is 10.9. The molecule has 0 bridgehead atoms. The van der Waals surface area contributed by atoms with Gasteiger partial charge in [-0.15, -0.1) is 0 Å². The molecule has 0 spiro atoms. The van der Waals surface area contributed by atoms with Gasteiger partial charge in [-0.2, -0.15) is 0 Å². The van der Waals surface area contributed by atoms with E-state index in [9.17, 15) is 25.8 Å². The lowest BCUT2D eigenvalue weighted by Crippen LogP contribution is -2.36. The number of hydrogen-bond donors (Lipinski definition) is 0. The van der Waals surface area contributed by atoms with Crippen molar-refractivity contribution in [2.24, 2.45) is 0 Å². The van der Waals surface area contributed by atoms with Crippen molar-refractivity contribution in [3.63, 3.8) is 0 Å². The third-order valence-electron chi connectivity index (χ3n) is 2.67. The van der Waals surface area contributed by atoms with Crippen molar-refractivity contribution in [3.8, 4) is 5.75 Å². The van der Waals surface area contributed by atoms with E-state index in [4.69, 9.17) is 4.74 Å². The summed E-state index contributed by atoms with van der Waals surface area (Å²) in [5, 5.41) is -0.648. The predicted molar refractivity (Wildman–Crippen MR) is 69.5 cm³/mol. The van der Waals surface area contributed by atoms with E-state index >= 15 is 0 Å². The molecule has 0 fully saturated rings. The van der Waals surface area contributed by atoms with Gasteiger partial charge < -0.3 is 17.7 Å². The van der Waals surface area contributed by atoms with Gasteiger partial charge in [0.05, 0.1) is 16.8 Å². The maximum Gasteiger partial charge on any atom is 0.513 e. The number of rotatable bonds is 6. The molecule has 0 saturated carbocycles. The summed E-state index contributed by atoms with van der Waals surface area (Å²) in [6.07, 6.45) is 0. The molecule has 9 heteroatoms. The maximum atomic E-state index is 13.0. The monoisotopic (exact) mass is 313 g/mol. The van der Waals surface area contributed by atoms with Crippen LogP contribution in [-0.2, 0) is 9.84 Å². The van der Waals surface area contributed by atoms with Crippen molar-refractivity contribution in [1.29, 1.82) is 0 Å². The van der Waals surface area contributed by atoms with Crippen molar-refractivity contribution in [1.82, 2.24) is 0 Å². The lowest BCUT2D eigenvalue weighted by atomic mass is 9.79. The first-order valence-corrected chi connectivity index (χ1v) is 7.59. The highest BCUT2D eigenvalue weighted by Gasteiger charge is 2.29. The summed E-state index contributed by atoms with van der Waals surface area (Å²) >= 11 is 0. The van der Waals surface area contributed by atoms with Crippen LogP contribution in [-0.4, -0.2) is 33.0 Å². The summed E-state index contributed by atoms with van der Waals surface area (Å²) in [5.41, 5.74) is -1.08. The molecule has 0 unspecified atom stereocenters. The average Bonchev–Trinajstić information content (AvgIpc) is 2.26. The molecule has 0 amide bonds. The van der Waals surface area contributed by atoms with Crippen LogP contribution >= 0.6 is 0 Å². The minimum absolute atomic E-state index is 0.425. The summed E-state index contributed by atoms with van der Waals surface area (Å²) in [6.45, 7) is -2.89. The summed E-state index contributed by atoms with van der Waals surface area (Å²) in [5.74, 6) is -1.99. The maximum absolute atomic E-state index is 13.0. The van der Waals surface area contributed by atoms with Gasteiger partial charge in [0.2, 0.25) is 0 Å². The highest BCUT2D eigenvalue weighted by atomic mass is 32.2. The van der Waals surface area contributed by atoms with Crippen molar-refractivity contribution in [2.75, 3.05) is 12.4 Å². The van der Waals surface area contributed by atoms with Gasteiger partial charge in [0.1, 0.15) is 12.4 Å². The molecule has 1 rings (SSSR count). The molecule has 1 aromatic carbocycles. The van der Waals surface area contributed by atoms with E-state index in [2.05, 4.69) is 0 Å². The summed E-state index contributed by atoms with van der Waals surface area (Å²) in [6, 6.07) is 1.87. The largest absolute Gasteiger partial charge is 0.513 e. The average molecular weight is 313 g/mol. The van der Waals surface area contributed by atoms with E-state index in [1.54, 1.807) is 0 Å². The Bertz CT molecular complexity index is 570. The van der Waals surface area contributed by atoms with Crippen LogP contribution < -0.4 is 10.2 Å². The molecule has 0 heterocycles. The number of benzene rings is 1. The fourth-order valence-electron chi connectivity index (χ4n) is 1.41. The zero-order chi connectivity index (χ0) is 15.6. The third-order valence-corrected chi connectivity index (χ3v) is 4.84. The van der Waals surface area contributed by atoms with Gasteiger partial charge in [0, 0.05) is 6.07 Å². The minimum atomic E-state index is -5.35. The predicted octanol–water partition coefficient (Wildman–Crippen LogP) is 2.08. The Kier molecular flexibility index (Phi) is 5.07. The van der Waals surface area contributed by atoms with Crippen LogP contribution in [0.25, 0.3) is 0 Å². The van der Waals surface area contributed by atoms with Gasteiger partial charge in [0.25, 0.3) is 0 Å². The molecule has 1 aromatic rings. The Balaban J connectivity index is 2.86. The van der Waals surface area contributed by atoms with E-state index in [-0.39, 0.29) is 0 Å². The number of sulfone groups is 1. The van der Waals surface area contributed by atoms with Crippen LogP contribution in [0.2, 0.25) is 0 Å². The first-order valence-electron chi connectivity index (χ1n) is 5.88. The van der Waals surface area contributed by atoms with Crippen molar-refractivity contribution in [2.45, 2.75) is 19.1 Å². The molecule has 0 saturated heterocycles. The molecule has 0 N–H and O–H groups in total. The Hall–Kier alpha value is -1.25. The van der Waals surface area contributed by atoms with Crippen LogP contribution in [0.15, 0.2) is 18.2 Å². The van der Waals surface area contributed by atoms with Crippen LogP contribution in [0.1, 0.15) is 13.8 Å². The summed E-state index contributed by atoms with van der Waals surface area (Å²) in [7, 11) is -3.42. The van der Waals surface area contributed by atoms with E-state index in [0.717, 1.165) is 0 Å². The Morgan fingerprint density at radius 2 is 1.85 bits per heavy atom. The van der Waals surface area contributed by atoms with Crippen molar-refractivity contribution < 1.29 is 30.5 Å². The first-order chi connectivity index (χ1) is 9.04. The fourth-order valence-corrected chi connectivity index (χ4v) is 2.19. The van der Waals surface area contributed by atoms with Gasteiger partial charge in [-0.25, -0.2) is 12.8 Å². The molecule has 114 valence electrons. The second-order valence-electron chi connectivity index (χ2n) is 4.52. The molecule has 0 radical (unpaired) electrons. The van der Waals surface area contributed by atoms with Crippen molar-refractivity contribution in [3.05, 3.63) is 24.0 Å². The molecule has 20 heavy (non-hydrogen) atoms. The highest BCUT2D eigenvalue weighted by Crippen LogP contribution is 2.19. The molecule has 0 atom stereocenters. The third kappa shape index (κ3) is 4.40. The Morgan fingerprint density at radius 3 is 2.35 bits per heavy atom. The van der Waals surface area contributed by atoms with Crippen molar-refractivity contribution >= 4 is 22.3 Å². The number of halogens is 4. The van der Waals surface area contributed by atoms with Gasteiger partial charge >= 0.3 is 6.98 Å². The van der Waals surface area contributed by atoms with Gasteiger partial charge in [-0.05, 0) is 19.9 Å². The topological polar surface area (TPSA) is 43.4 Å². The number of ether oxygens (including phenoxy) is 1.